The number of anilines is 3. The van der Waals surface area contributed by atoms with Crippen LogP contribution in [0.2, 0.25) is 0 Å². The predicted octanol–water partition coefficient (Wildman–Crippen LogP) is 1.09. The molecule has 1 aliphatic heterocycles. The number of halogens is 1. The number of rotatable bonds is 8. The van der Waals surface area contributed by atoms with Crippen molar-refractivity contribution >= 4 is 23.2 Å². The van der Waals surface area contributed by atoms with Gasteiger partial charge in [0.25, 0.3) is 5.91 Å². The molecule has 10 heteroatoms. The van der Waals surface area contributed by atoms with Crippen LogP contribution in [0.15, 0.2) is 30.6 Å². The molecule has 0 bridgehead atoms. The number of hydrogen-bond donors (Lipinski definition) is 4. The second-order valence-electron chi connectivity index (χ2n) is 6.30. The van der Waals surface area contributed by atoms with Gasteiger partial charge in [-0.1, -0.05) is 0 Å². The number of morpholine rings is 1. The fraction of sp³-hybridized carbons (Fsp3) is 0.389. The number of hydrazine groups is 1. The van der Waals surface area contributed by atoms with E-state index in [-0.39, 0.29) is 5.82 Å². The topological polar surface area (TPSA) is 117 Å². The fourth-order valence-corrected chi connectivity index (χ4v) is 2.76. The fourth-order valence-electron chi connectivity index (χ4n) is 2.76. The molecule has 0 atom stereocenters. The van der Waals surface area contributed by atoms with Crippen LogP contribution in [-0.2, 0) is 4.74 Å². The number of aromatic nitrogens is 2. The normalized spacial score (nSPS) is 14.5. The van der Waals surface area contributed by atoms with Gasteiger partial charge in [-0.15, -0.1) is 0 Å². The molecule has 1 fully saturated rings. The molecule has 0 unspecified atom stereocenters. The maximum Gasteiger partial charge on any atom is 0.269 e. The highest BCUT2D eigenvalue weighted by molar-refractivity contribution is 5.95. The summed E-state index contributed by atoms with van der Waals surface area (Å²) in [5, 5.41) is 3.19. The summed E-state index contributed by atoms with van der Waals surface area (Å²) in [5.41, 5.74) is 11.8. The third-order valence-corrected chi connectivity index (χ3v) is 4.33. The minimum Gasteiger partial charge on any atom is -0.393 e. The lowest BCUT2D eigenvalue weighted by atomic mass is 10.2. The Morgan fingerprint density at radius 3 is 2.64 bits per heavy atom. The number of carbonyl (C=O) groups excluding carboxylic acids is 1. The van der Waals surface area contributed by atoms with Crippen molar-refractivity contribution in [2.45, 2.75) is 6.42 Å². The van der Waals surface area contributed by atoms with Crippen LogP contribution in [0.1, 0.15) is 16.8 Å². The maximum absolute atomic E-state index is 12.9. The molecule has 3 rings (SSSR count). The monoisotopic (exact) mass is 389 g/mol. The molecule has 0 aliphatic carbocycles. The number of nitrogens with zero attached hydrogens (tertiary/aromatic N) is 3. The van der Waals surface area contributed by atoms with Crippen LogP contribution in [0.3, 0.4) is 0 Å². The minimum atomic E-state index is -0.432. The van der Waals surface area contributed by atoms with E-state index >= 15 is 0 Å². The van der Waals surface area contributed by atoms with Gasteiger partial charge < -0.3 is 15.8 Å². The van der Waals surface area contributed by atoms with E-state index in [2.05, 4.69) is 31.0 Å². The van der Waals surface area contributed by atoms with Crippen molar-refractivity contribution in [2.75, 3.05) is 55.9 Å². The molecule has 28 heavy (non-hydrogen) atoms. The van der Waals surface area contributed by atoms with E-state index in [1.165, 1.54) is 30.6 Å². The maximum atomic E-state index is 12.9. The van der Waals surface area contributed by atoms with Crippen molar-refractivity contribution < 1.29 is 13.9 Å². The van der Waals surface area contributed by atoms with Gasteiger partial charge in [-0.2, -0.15) is 0 Å². The van der Waals surface area contributed by atoms with Crippen molar-refractivity contribution in [1.82, 2.24) is 20.3 Å². The second-order valence-corrected chi connectivity index (χ2v) is 6.30. The molecular formula is C18H24FN7O2. The zero-order valence-electron chi connectivity index (χ0n) is 15.4. The third-order valence-electron chi connectivity index (χ3n) is 4.33. The molecule has 1 aliphatic rings. The summed E-state index contributed by atoms with van der Waals surface area (Å²) in [6, 6.07) is 5.20. The summed E-state index contributed by atoms with van der Waals surface area (Å²) in [6.45, 7) is 5.16. The molecule has 1 aromatic carbocycles. The van der Waals surface area contributed by atoms with Crippen molar-refractivity contribution in [3.8, 4) is 0 Å². The molecule has 2 heterocycles. The van der Waals surface area contributed by atoms with Gasteiger partial charge in [0, 0.05) is 25.2 Å². The first-order valence-corrected chi connectivity index (χ1v) is 9.10. The summed E-state index contributed by atoms with van der Waals surface area (Å²) in [7, 11) is 0. The van der Waals surface area contributed by atoms with Crippen LogP contribution < -0.4 is 21.9 Å². The molecule has 150 valence electrons. The Hall–Kier alpha value is -2.98. The van der Waals surface area contributed by atoms with Crippen LogP contribution in [-0.4, -0.2) is 60.2 Å². The van der Waals surface area contributed by atoms with Crippen LogP contribution in [0, 0.1) is 5.82 Å². The number of nitrogens with two attached hydrogens (primary N) is 1. The third kappa shape index (κ3) is 5.51. The Bertz CT molecular complexity index is 782. The van der Waals surface area contributed by atoms with Gasteiger partial charge in [-0.3, -0.25) is 20.5 Å². The lowest BCUT2D eigenvalue weighted by Gasteiger charge is -2.26. The molecule has 0 saturated carbocycles. The van der Waals surface area contributed by atoms with Crippen LogP contribution in [0.4, 0.5) is 21.7 Å². The largest absolute Gasteiger partial charge is 0.393 e. The quantitative estimate of drug-likeness (QED) is 0.392. The summed E-state index contributed by atoms with van der Waals surface area (Å²) in [4.78, 5) is 22.6. The lowest BCUT2D eigenvalue weighted by molar-refractivity contribution is 0.0378. The van der Waals surface area contributed by atoms with Gasteiger partial charge >= 0.3 is 0 Å². The Labute approximate surface area is 162 Å². The molecule has 1 amide bonds. The second kappa shape index (κ2) is 9.81. The molecule has 9 nitrogen and oxygen atoms in total. The Morgan fingerprint density at radius 2 is 1.89 bits per heavy atom. The Kier molecular flexibility index (Phi) is 6.93. The smallest absolute Gasteiger partial charge is 0.269 e. The van der Waals surface area contributed by atoms with Crippen molar-refractivity contribution in [1.29, 1.82) is 0 Å². The van der Waals surface area contributed by atoms with E-state index in [1.807, 2.05) is 0 Å². The highest BCUT2D eigenvalue weighted by Gasteiger charge is 2.12. The molecule has 1 saturated heterocycles. The van der Waals surface area contributed by atoms with Crippen molar-refractivity contribution in [3.63, 3.8) is 0 Å². The van der Waals surface area contributed by atoms with Gasteiger partial charge in [0.1, 0.15) is 17.8 Å². The first-order valence-electron chi connectivity index (χ1n) is 9.10. The first kappa shape index (κ1) is 19.8. The van der Waals surface area contributed by atoms with Crippen LogP contribution >= 0.6 is 0 Å². The van der Waals surface area contributed by atoms with Crippen molar-refractivity contribution in [2.24, 2.45) is 0 Å². The number of ether oxygens (including phenoxy) is 1. The minimum absolute atomic E-state index is 0.279. The van der Waals surface area contributed by atoms with E-state index < -0.39 is 11.7 Å². The number of carbonyl (C=O) groups is 1. The van der Waals surface area contributed by atoms with Crippen LogP contribution in [0.25, 0.3) is 0 Å². The molecular weight excluding hydrogens is 365 g/mol. The number of amides is 1. The highest BCUT2D eigenvalue weighted by atomic mass is 19.1. The summed E-state index contributed by atoms with van der Waals surface area (Å²) in [5.74, 6) is -0.0661. The highest BCUT2D eigenvalue weighted by Crippen LogP contribution is 2.21. The van der Waals surface area contributed by atoms with E-state index in [0.717, 1.165) is 39.3 Å². The molecule has 0 radical (unpaired) electrons. The summed E-state index contributed by atoms with van der Waals surface area (Å²) >= 11 is 0. The van der Waals surface area contributed by atoms with Crippen molar-refractivity contribution in [3.05, 3.63) is 42.0 Å². The predicted molar refractivity (Wildman–Crippen MR) is 104 cm³/mol. The lowest BCUT2D eigenvalue weighted by Crippen LogP contribution is -2.37. The van der Waals surface area contributed by atoms with E-state index in [1.54, 1.807) is 0 Å². The van der Waals surface area contributed by atoms with Crippen LogP contribution in [0.5, 0.6) is 0 Å². The number of hydrogen-bond acceptors (Lipinski definition) is 8. The molecule has 0 spiro atoms. The average Bonchev–Trinajstić information content (AvgIpc) is 2.72. The van der Waals surface area contributed by atoms with Gasteiger partial charge in [0.15, 0.2) is 11.6 Å². The number of benzene rings is 1. The standard InChI is InChI=1S/C18H24FN7O2/c19-14-4-2-13(3-5-14)18(27)25-24-17-15(20)16(22-12-23-17)21-6-1-7-26-8-10-28-11-9-26/h2-5,12H,1,6-11,20H2,(H,25,27)(H2,21,22,23,24). The SMILES string of the molecule is Nc1c(NCCCN2CCOCC2)ncnc1NNC(=O)c1ccc(F)cc1. The Morgan fingerprint density at radius 1 is 1.18 bits per heavy atom. The zero-order valence-corrected chi connectivity index (χ0v) is 15.4. The van der Waals surface area contributed by atoms with Gasteiger partial charge in [-0.05, 0) is 37.2 Å². The zero-order chi connectivity index (χ0) is 19.8. The van der Waals surface area contributed by atoms with Gasteiger partial charge in [0.05, 0.1) is 13.2 Å². The van der Waals surface area contributed by atoms with E-state index in [0.29, 0.717) is 23.6 Å². The number of nitrogen functional groups attached to an aromatic ring is 1. The molecule has 1 aromatic heterocycles. The first-order chi connectivity index (χ1) is 13.6. The van der Waals surface area contributed by atoms with E-state index in [9.17, 15) is 9.18 Å². The van der Waals surface area contributed by atoms with Gasteiger partial charge in [0.2, 0.25) is 0 Å². The summed E-state index contributed by atoms with van der Waals surface area (Å²) < 4.78 is 18.3. The van der Waals surface area contributed by atoms with Gasteiger partial charge in [-0.25, -0.2) is 14.4 Å². The average molecular weight is 389 g/mol. The molecule has 5 N–H and O–H groups in total. The number of nitrogens with one attached hydrogen (secondary N) is 3. The Balaban J connectivity index is 1.48. The van der Waals surface area contributed by atoms with E-state index in [4.69, 9.17) is 10.5 Å². The summed E-state index contributed by atoms with van der Waals surface area (Å²) in [6.07, 6.45) is 2.29. The molecule has 2 aromatic rings.